The van der Waals surface area contributed by atoms with Crippen molar-refractivity contribution in [2.45, 2.75) is 38.0 Å². The van der Waals surface area contributed by atoms with Crippen molar-refractivity contribution < 1.29 is 17.7 Å². The highest BCUT2D eigenvalue weighted by atomic mass is 32.2. The quantitative estimate of drug-likeness (QED) is 0.669. The summed E-state index contributed by atoms with van der Waals surface area (Å²) in [6.45, 7) is 4.08. The van der Waals surface area contributed by atoms with Gasteiger partial charge in [0.2, 0.25) is 0 Å². The van der Waals surface area contributed by atoms with E-state index < -0.39 is 15.4 Å². The van der Waals surface area contributed by atoms with Gasteiger partial charge in [-0.05, 0) is 18.8 Å². The van der Waals surface area contributed by atoms with Crippen molar-refractivity contribution >= 4 is 10.1 Å². The Labute approximate surface area is 89.7 Å². The highest BCUT2D eigenvalue weighted by Gasteiger charge is 2.74. The molecule has 0 aromatic carbocycles. The van der Waals surface area contributed by atoms with Gasteiger partial charge in [0, 0.05) is 17.4 Å². The zero-order valence-electron chi connectivity index (χ0n) is 8.93. The van der Waals surface area contributed by atoms with Crippen LogP contribution in [0.15, 0.2) is 0 Å². The molecule has 0 amide bonds. The summed E-state index contributed by atoms with van der Waals surface area (Å²) in [5.41, 5.74) is -0.478. The van der Waals surface area contributed by atoms with Gasteiger partial charge in [0.25, 0.3) is 10.1 Å². The number of hydrogen-bond donors (Lipinski definition) is 1. The second-order valence-corrected chi connectivity index (χ2v) is 7.44. The first-order valence-electron chi connectivity index (χ1n) is 5.39. The highest BCUT2D eigenvalue weighted by Crippen LogP contribution is 2.70. The molecule has 1 aliphatic heterocycles. The van der Waals surface area contributed by atoms with Crippen molar-refractivity contribution in [3.63, 3.8) is 0 Å². The van der Waals surface area contributed by atoms with Gasteiger partial charge in [-0.2, -0.15) is 8.42 Å². The van der Waals surface area contributed by atoms with Gasteiger partial charge < -0.3 is 5.11 Å². The van der Waals surface area contributed by atoms with E-state index in [1.54, 1.807) is 0 Å². The molecule has 86 valence electrons. The standard InChI is InChI=1S/C10H16O4S/c1-6-8-9(2)4-10(6,5-11)3-7(9)15(12,13)14-8/h6-8,11H,3-5H2,1-2H3. The van der Waals surface area contributed by atoms with E-state index in [0.29, 0.717) is 6.42 Å². The topological polar surface area (TPSA) is 63.6 Å². The van der Waals surface area contributed by atoms with Gasteiger partial charge in [-0.1, -0.05) is 13.8 Å². The van der Waals surface area contributed by atoms with Crippen LogP contribution in [-0.2, 0) is 14.3 Å². The van der Waals surface area contributed by atoms with Crippen molar-refractivity contribution in [1.82, 2.24) is 0 Å². The molecule has 0 spiro atoms. The van der Waals surface area contributed by atoms with Crippen molar-refractivity contribution in [3.05, 3.63) is 0 Å². The van der Waals surface area contributed by atoms with Gasteiger partial charge >= 0.3 is 0 Å². The molecule has 2 aliphatic carbocycles. The fourth-order valence-electron chi connectivity index (χ4n) is 4.17. The third kappa shape index (κ3) is 0.890. The molecule has 3 aliphatic rings. The molecule has 1 N–H and O–H groups in total. The summed E-state index contributed by atoms with van der Waals surface area (Å²) in [6, 6.07) is 0. The molecule has 4 nitrogen and oxygen atoms in total. The molecule has 3 rings (SSSR count). The molecule has 0 aromatic heterocycles. The molecule has 3 fully saturated rings. The lowest BCUT2D eigenvalue weighted by atomic mass is 9.73. The third-order valence-electron chi connectivity index (χ3n) is 5.03. The van der Waals surface area contributed by atoms with Crippen molar-refractivity contribution in [2.24, 2.45) is 16.7 Å². The van der Waals surface area contributed by atoms with E-state index in [0.717, 1.165) is 6.42 Å². The van der Waals surface area contributed by atoms with Crippen molar-refractivity contribution in [1.29, 1.82) is 0 Å². The monoisotopic (exact) mass is 232 g/mol. The van der Waals surface area contributed by atoms with E-state index >= 15 is 0 Å². The molecule has 0 aromatic rings. The zero-order chi connectivity index (χ0) is 11.1. The van der Waals surface area contributed by atoms with Crippen molar-refractivity contribution in [3.8, 4) is 0 Å². The second kappa shape index (κ2) is 2.41. The van der Waals surface area contributed by atoms with Crippen LogP contribution in [0.5, 0.6) is 0 Å². The Morgan fingerprint density at radius 1 is 1.53 bits per heavy atom. The van der Waals surface area contributed by atoms with Gasteiger partial charge in [-0.3, -0.25) is 4.18 Å². The molecular formula is C10H16O4S. The first-order valence-corrected chi connectivity index (χ1v) is 6.86. The molecular weight excluding hydrogens is 216 g/mol. The molecule has 5 unspecified atom stereocenters. The van der Waals surface area contributed by atoms with Gasteiger partial charge in [-0.25, -0.2) is 0 Å². The smallest absolute Gasteiger partial charge is 0.271 e. The number of hydrogen-bond acceptors (Lipinski definition) is 4. The molecule has 2 saturated carbocycles. The Hall–Kier alpha value is -0.130. The Kier molecular flexibility index (Phi) is 1.62. The summed E-state index contributed by atoms with van der Waals surface area (Å²) < 4.78 is 28.8. The lowest BCUT2D eigenvalue weighted by molar-refractivity contribution is 0.0349. The molecule has 15 heavy (non-hydrogen) atoms. The highest BCUT2D eigenvalue weighted by molar-refractivity contribution is 7.87. The number of fused-ring (bicyclic) bond motifs is 1. The summed E-state index contributed by atoms with van der Waals surface area (Å²) in [4.78, 5) is 0. The fraction of sp³-hybridized carbons (Fsp3) is 1.00. The van der Waals surface area contributed by atoms with Crippen LogP contribution in [0.25, 0.3) is 0 Å². The first-order chi connectivity index (χ1) is 6.86. The van der Waals surface area contributed by atoms with E-state index in [1.165, 1.54) is 0 Å². The van der Waals surface area contributed by atoms with E-state index in [1.807, 2.05) is 13.8 Å². The minimum atomic E-state index is -3.38. The third-order valence-corrected chi connectivity index (χ3v) is 6.91. The zero-order valence-corrected chi connectivity index (χ0v) is 9.75. The van der Waals surface area contributed by atoms with Crippen LogP contribution >= 0.6 is 0 Å². The fourth-order valence-corrected chi connectivity index (χ4v) is 6.39. The SMILES string of the molecule is CC1C2OS(=O)(=O)C3CC1(CO)CC23C. The largest absolute Gasteiger partial charge is 0.396 e. The molecule has 0 radical (unpaired) electrons. The average Bonchev–Trinajstić information content (AvgIpc) is 2.61. The average molecular weight is 232 g/mol. The maximum absolute atomic E-state index is 11.8. The molecule has 1 saturated heterocycles. The van der Waals surface area contributed by atoms with E-state index in [4.69, 9.17) is 4.18 Å². The summed E-state index contributed by atoms with van der Waals surface area (Å²) in [6.07, 6.45) is 1.14. The maximum atomic E-state index is 11.8. The molecule has 2 bridgehead atoms. The van der Waals surface area contributed by atoms with Crippen LogP contribution in [0, 0.1) is 16.7 Å². The molecule has 1 heterocycles. The van der Waals surface area contributed by atoms with Crippen molar-refractivity contribution in [2.75, 3.05) is 6.61 Å². The van der Waals surface area contributed by atoms with E-state index in [9.17, 15) is 13.5 Å². The normalized spacial score (nSPS) is 60.1. The summed E-state index contributed by atoms with van der Waals surface area (Å²) >= 11 is 0. The minimum absolute atomic E-state index is 0.0790. The Balaban J connectivity index is 2.17. The van der Waals surface area contributed by atoms with Crippen LogP contribution in [-0.4, -0.2) is 31.5 Å². The van der Waals surface area contributed by atoms with Crippen LogP contribution < -0.4 is 0 Å². The lowest BCUT2D eigenvalue weighted by Gasteiger charge is -2.33. The van der Waals surface area contributed by atoms with Gasteiger partial charge in [-0.15, -0.1) is 0 Å². The van der Waals surface area contributed by atoms with Gasteiger partial charge in [0.15, 0.2) is 0 Å². The Morgan fingerprint density at radius 2 is 2.20 bits per heavy atom. The summed E-state index contributed by atoms with van der Waals surface area (Å²) in [5, 5.41) is 9.12. The summed E-state index contributed by atoms with van der Waals surface area (Å²) in [7, 11) is -3.38. The predicted molar refractivity (Wildman–Crippen MR) is 53.6 cm³/mol. The van der Waals surface area contributed by atoms with E-state index in [-0.39, 0.29) is 29.5 Å². The number of rotatable bonds is 1. The maximum Gasteiger partial charge on any atom is 0.271 e. The Morgan fingerprint density at radius 3 is 2.67 bits per heavy atom. The van der Waals surface area contributed by atoms with E-state index in [2.05, 4.69) is 0 Å². The van der Waals surface area contributed by atoms with Crippen LogP contribution in [0.3, 0.4) is 0 Å². The second-order valence-electron chi connectivity index (χ2n) is 5.69. The van der Waals surface area contributed by atoms with Gasteiger partial charge in [0.05, 0.1) is 11.4 Å². The minimum Gasteiger partial charge on any atom is -0.396 e. The lowest BCUT2D eigenvalue weighted by Crippen LogP contribution is -2.40. The molecule has 5 heteroatoms. The Bertz CT molecular complexity index is 417. The van der Waals surface area contributed by atoms with Gasteiger partial charge in [0.1, 0.15) is 0 Å². The first kappa shape index (κ1) is 10.1. The predicted octanol–water partition coefficient (Wildman–Crippen LogP) is 0.512. The van der Waals surface area contributed by atoms with Crippen LogP contribution in [0.2, 0.25) is 0 Å². The number of aliphatic hydroxyl groups is 1. The summed E-state index contributed by atoms with van der Waals surface area (Å²) in [5.74, 6) is 0.140. The molecule has 5 atom stereocenters. The van der Waals surface area contributed by atoms with Crippen LogP contribution in [0.1, 0.15) is 26.7 Å². The van der Waals surface area contributed by atoms with Crippen LogP contribution in [0.4, 0.5) is 0 Å². The number of aliphatic hydroxyl groups excluding tert-OH is 1.